The van der Waals surface area contributed by atoms with E-state index in [1.807, 2.05) is 39.1 Å². The van der Waals surface area contributed by atoms with Crippen molar-refractivity contribution in [3.63, 3.8) is 0 Å². The fraction of sp³-hybridized carbons (Fsp3) is 0.312. The van der Waals surface area contributed by atoms with Gasteiger partial charge in [0.1, 0.15) is 0 Å². The predicted molar refractivity (Wildman–Crippen MR) is 85.7 cm³/mol. The first-order valence-electron chi connectivity index (χ1n) is 6.56. The number of aromatic nitrogens is 1. The van der Waals surface area contributed by atoms with Gasteiger partial charge < -0.3 is 5.32 Å². The number of nitrogens with zero attached hydrogens (tertiary/aromatic N) is 1. The minimum atomic E-state index is 0.182. The molecule has 0 saturated heterocycles. The summed E-state index contributed by atoms with van der Waals surface area (Å²) in [7, 11) is 1.95. The van der Waals surface area contributed by atoms with Crippen LogP contribution in [0.1, 0.15) is 28.6 Å². The van der Waals surface area contributed by atoms with Crippen molar-refractivity contribution in [3.05, 3.63) is 62.9 Å². The molecule has 0 aliphatic rings. The molecule has 1 aromatic carbocycles. The van der Waals surface area contributed by atoms with Crippen molar-refractivity contribution < 1.29 is 0 Å². The van der Waals surface area contributed by atoms with Crippen LogP contribution in [0.2, 0.25) is 10.0 Å². The zero-order valence-corrected chi connectivity index (χ0v) is 13.4. The van der Waals surface area contributed by atoms with E-state index in [1.165, 1.54) is 5.56 Å². The summed E-state index contributed by atoms with van der Waals surface area (Å²) in [5.41, 5.74) is 4.36. The van der Waals surface area contributed by atoms with E-state index in [4.69, 9.17) is 23.2 Å². The van der Waals surface area contributed by atoms with E-state index in [1.54, 1.807) is 6.07 Å². The number of aryl methyl sites for hydroxylation is 2. The molecule has 2 nitrogen and oxygen atoms in total. The lowest BCUT2D eigenvalue weighted by molar-refractivity contribution is 0.585. The van der Waals surface area contributed by atoms with Crippen molar-refractivity contribution in [2.75, 3.05) is 7.05 Å². The van der Waals surface area contributed by atoms with Crippen LogP contribution in [0.25, 0.3) is 0 Å². The van der Waals surface area contributed by atoms with Gasteiger partial charge in [-0.3, -0.25) is 4.98 Å². The normalized spacial score (nSPS) is 12.4. The number of rotatable bonds is 4. The van der Waals surface area contributed by atoms with E-state index < -0.39 is 0 Å². The van der Waals surface area contributed by atoms with Crippen molar-refractivity contribution in [2.24, 2.45) is 0 Å². The lowest BCUT2D eigenvalue weighted by Gasteiger charge is -2.19. The van der Waals surface area contributed by atoms with Gasteiger partial charge in [-0.25, -0.2) is 0 Å². The Balaban J connectivity index is 2.28. The van der Waals surface area contributed by atoms with Crippen LogP contribution in [0.15, 0.2) is 30.3 Å². The maximum Gasteiger partial charge on any atom is 0.0453 e. The molecule has 0 radical (unpaired) electrons. The van der Waals surface area contributed by atoms with E-state index in [-0.39, 0.29) is 6.04 Å². The summed E-state index contributed by atoms with van der Waals surface area (Å²) in [6.45, 7) is 4.04. The Bertz CT molecular complexity index is 611. The maximum absolute atomic E-state index is 6.26. The summed E-state index contributed by atoms with van der Waals surface area (Å²) in [4.78, 5) is 4.53. The van der Waals surface area contributed by atoms with Crippen molar-refractivity contribution in [1.29, 1.82) is 0 Å². The van der Waals surface area contributed by atoms with Gasteiger partial charge in [-0.1, -0.05) is 35.3 Å². The Morgan fingerprint density at radius 3 is 2.50 bits per heavy atom. The first-order valence-corrected chi connectivity index (χ1v) is 7.32. The minimum absolute atomic E-state index is 0.182. The van der Waals surface area contributed by atoms with Crippen molar-refractivity contribution in [1.82, 2.24) is 10.3 Å². The van der Waals surface area contributed by atoms with E-state index >= 15 is 0 Å². The Labute approximate surface area is 130 Å². The van der Waals surface area contributed by atoms with Crippen LogP contribution < -0.4 is 5.32 Å². The van der Waals surface area contributed by atoms with Gasteiger partial charge in [0.25, 0.3) is 0 Å². The quantitative estimate of drug-likeness (QED) is 0.899. The first-order chi connectivity index (χ1) is 9.51. The molecule has 1 aromatic heterocycles. The van der Waals surface area contributed by atoms with Crippen LogP contribution in [-0.2, 0) is 6.42 Å². The number of halogens is 2. The third-order valence-electron chi connectivity index (χ3n) is 3.43. The number of nitrogens with one attached hydrogen (secondary N) is 1. The fourth-order valence-electron chi connectivity index (χ4n) is 2.34. The molecule has 0 fully saturated rings. The average molecular weight is 309 g/mol. The molecule has 0 spiro atoms. The summed E-state index contributed by atoms with van der Waals surface area (Å²) >= 11 is 12.2. The largest absolute Gasteiger partial charge is 0.313 e. The highest BCUT2D eigenvalue weighted by molar-refractivity contribution is 6.35. The molecule has 0 saturated carbocycles. The van der Waals surface area contributed by atoms with E-state index in [2.05, 4.69) is 16.4 Å². The second-order valence-corrected chi connectivity index (χ2v) is 5.75. The third kappa shape index (κ3) is 3.51. The average Bonchev–Trinajstić information content (AvgIpc) is 2.39. The molecule has 0 amide bonds. The number of likely N-dealkylation sites (N-methyl/N-ethyl adjacent to an activating group) is 1. The van der Waals surface area contributed by atoms with Crippen molar-refractivity contribution >= 4 is 23.2 Å². The highest BCUT2D eigenvalue weighted by Crippen LogP contribution is 2.27. The molecule has 1 N–H and O–H groups in total. The number of pyridine rings is 1. The van der Waals surface area contributed by atoms with Crippen LogP contribution in [0.4, 0.5) is 0 Å². The zero-order chi connectivity index (χ0) is 14.7. The predicted octanol–water partition coefficient (Wildman–Crippen LogP) is 4.51. The second kappa shape index (κ2) is 6.57. The molecule has 20 heavy (non-hydrogen) atoms. The van der Waals surface area contributed by atoms with Gasteiger partial charge in [0.05, 0.1) is 0 Å². The molecule has 1 heterocycles. The van der Waals surface area contributed by atoms with Gasteiger partial charge in [-0.2, -0.15) is 0 Å². The number of benzene rings is 1. The first kappa shape index (κ1) is 15.3. The van der Waals surface area contributed by atoms with Crippen LogP contribution in [-0.4, -0.2) is 12.0 Å². The highest BCUT2D eigenvalue weighted by Gasteiger charge is 2.15. The summed E-state index contributed by atoms with van der Waals surface area (Å²) < 4.78 is 0. The van der Waals surface area contributed by atoms with Crippen molar-refractivity contribution in [3.8, 4) is 0 Å². The Morgan fingerprint density at radius 1 is 1.15 bits per heavy atom. The molecule has 0 aliphatic heterocycles. The van der Waals surface area contributed by atoms with E-state index in [9.17, 15) is 0 Å². The van der Waals surface area contributed by atoms with Crippen LogP contribution in [0.5, 0.6) is 0 Å². The molecule has 0 aliphatic carbocycles. The summed E-state index contributed by atoms with van der Waals surface area (Å²) in [6, 6.07) is 9.98. The third-order valence-corrected chi connectivity index (χ3v) is 4.02. The van der Waals surface area contributed by atoms with Gasteiger partial charge in [0.15, 0.2) is 0 Å². The zero-order valence-electron chi connectivity index (χ0n) is 11.9. The minimum Gasteiger partial charge on any atom is -0.313 e. The van der Waals surface area contributed by atoms with Crippen LogP contribution >= 0.6 is 23.2 Å². The highest BCUT2D eigenvalue weighted by atomic mass is 35.5. The Hall–Kier alpha value is -1.09. The lowest BCUT2D eigenvalue weighted by atomic mass is 9.97. The molecule has 0 bridgehead atoms. The Morgan fingerprint density at radius 2 is 1.90 bits per heavy atom. The van der Waals surface area contributed by atoms with Crippen LogP contribution in [0.3, 0.4) is 0 Å². The molecule has 2 aromatic rings. The monoisotopic (exact) mass is 308 g/mol. The summed E-state index contributed by atoms with van der Waals surface area (Å²) in [5, 5.41) is 4.70. The van der Waals surface area contributed by atoms with Gasteiger partial charge in [-0.05, 0) is 56.6 Å². The SMILES string of the molecule is CNC(Cc1ccc(Cl)cc1Cl)c1ccc(C)nc1C. The fourth-order valence-corrected chi connectivity index (χ4v) is 2.83. The van der Waals surface area contributed by atoms with Gasteiger partial charge in [0, 0.05) is 27.5 Å². The Kier molecular flexibility index (Phi) is 5.03. The molecular weight excluding hydrogens is 291 g/mol. The molecule has 2 rings (SSSR count). The smallest absolute Gasteiger partial charge is 0.0453 e. The molecule has 1 unspecified atom stereocenters. The van der Waals surface area contributed by atoms with Gasteiger partial charge in [-0.15, -0.1) is 0 Å². The lowest BCUT2D eigenvalue weighted by Crippen LogP contribution is -2.20. The van der Waals surface area contributed by atoms with Gasteiger partial charge >= 0.3 is 0 Å². The van der Waals surface area contributed by atoms with Crippen molar-refractivity contribution in [2.45, 2.75) is 26.3 Å². The molecular formula is C16H18Cl2N2. The van der Waals surface area contributed by atoms with Crippen LogP contribution in [0, 0.1) is 13.8 Å². The standard InChI is InChI=1S/C16H18Cl2N2/c1-10-4-7-14(11(2)20-10)16(19-3)8-12-5-6-13(17)9-15(12)18/h4-7,9,16,19H,8H2,1-3H3. The summed E-state index contributed by atoms with van der Waals surface area (Å²) in [6.07, 6.45) is 0.804. The second-order valence-electron chi connectivity index (χ2n) is 4.91. The molecule has 106 valence electrons. The topological polar surface area (TPSA) is 24.9 Å². The number of hydrogen-bond donors (Lipinski definition) is 1. The van der Waals surface area contributed by atoms with Gasteiger partial charge in [0.2, 0.25) is 0 Å². The summed E-state index contributed by atoms with van der Waals surface area (Å²) in [5.74, 6) is 0. The molecule has 4 heteroatoms. The van der Waals surface area contributed by atoms with E-state index in [0.717, 1.165) is 23.4 Å². The van der Waals surface area contributed by atoms with E-state index in [0.29, 0.717) is 10.0 Å². The maximum atomic E-state index is 6.26. The number of hydrogen-bond acceptors (Lipinski definition) is 2. The molecule has 1 atom stereocenters.